The Kier molecular flexibility index (Phi) is 65.1. The van der Waals surface area contributed by atoms with E-state index in [0.717, 1.165) is 0 Å². The normalized spacial score (nSPS) is 6.00. The zero-order valence-electron chi connectivity index (χ0n) is 3.01. The van der Waals surface area contributed by atoms with E-state index in [2.05, 4.69) is 0 Å². The van der Waals surface area contributed by atoms with Crippen LogP contribution in [0.15, 0.2) is 0 Å². The molecule has 0 aromatic rings. The van der Waals surface area contributed by atoms with Crippen LogP contribution >= 0.6 is 17.4 Å². The van der Waals surface area contributed by atoms with Gasteiger partial charge in [-0.15, -0.1) is 0 Å². The molecule has 7 heteroatoms. The zero-order valence-corrected chi connectivity index (χ0v) is 6.81. The second kappa shape index (κ2) is 29.1. The molecule has 0 saturated heterocycles. The van der Waals surface area contributed by atoms with Crippen molar-refractivity contribution in [3.05, 3.63) is 0 Å². The summed E-state index contributed by atoms with van der Waals surface area (Å²) in [4.78, 5) is 14.0. The Bertz CT molecular complexity index is 30.7. The van der Waals surface area contributed by atoms with Gasteiger partial charge in [0, 0.05) is 0 Å². The van der Waals surface area contributed by atoms with Crippen LogP contribution in [0.3, 0.4) is 0 Å². The predicted octanol–water partition coefficient (Wildman–Crippen LogP) is 0.368. The third-order valence-corrected chi connectivity index (χ3v) is 0. The van der Waals surface area contributed by atoms with Crippen LogP contribution in [0.4, 0.5) is 0 Å². The van der Waals surface area contributed by atoms with Crippen molar-refractivity contribution in [2.24, 2.45) is 0 Å². The Hall–Kier alpha value is 0.808. The monoisotopic (exact) mass is 226 g/mol. The Morgan fingerprint density at radius 3 is 1.00 bits per heavy atom. The molecular weight excluding hydrogens is 222 g/mol. The maximum absolute atomic E-state index is 8.46. The molecule has 2 N–H and O–H groups in total. The molecule has 0 amide bonds. The summed E-state index contributed by atoms with van der Waals surface area (Å²) in [6, 6.07) is 0. The fourth-order valence-corrected chi connectivity index (χ4v) is 0. The van der Waals surface area contributed by atoms with Crippen LogP contribution in [0.2, 0.25) is 0 Å². The summed E-state index contributed by atoms with van der Waals surface area (Å²) < 4.78 is 16.9. The van der Waals surface area contributed by atoms with E-state index >= 15 is 0 Å². The molecule has 0 rings (SSSR count). The molecule has 0 aromatic carbocycles. The second-order valence-corrected chi connectivity index (χ2v) is 0.490. The van der Waals surface area contributed by atoms with Crippen LogP contribution in [0.1, 0.15) is 0 Å². The molecular formula is H2MoO4P2+2. The van der Waals surface area contributed by atoms with Gasteiger partial charge in [0.1, 0.15) is 0 Å². The molecule has 0 unspecified atom stereocenters. The fraction of sp³-hybridized carbons (Fsp3) is 0. The van der Waals surface area contributed by atoms with Gasteiger partial charge in [0.05, 0.1) is 0 Å². The molecule has 0 bridgehead atoms. The Morgan fingerprint density at radius 2 is 1.00 bits per heavy atom. The number of rotatable bonds is 0. The summed E-state index contributed by atoms with van der Waals surface area (Å²) >= 11 is 0. The largest absolute Gasteiger partial charge is 2.00 e. The molecule has 0 heterocycles. The van der Waals surface area contributed by atoms with Crippen molar-refractivity contribution in [2.45, 2.75) is 0 Å². The van der Waals surface area contributed by atoms with Gasteiger partial charge in [-0.1, -0.05) is 0 Å². The molecule has 0 aromatic heterocycles. The topological polar surface area (TPSA) is 74.6 Å². The van der Waals surface area contributed by atoms with Crippen LogP contribution in [0.5, 0.6) is 0 Å². The third-order valence-electron chi connectivity index (χ3n) is 0. The van der Waals surface area contributed by atoms with Crippen molar-refractivity contribution in [1.29, 1.82) is 0 Å². The first-order valence-electron chi connectivity index (χ1n) is 0.765. The molecule has 0 radical (unpaired) electrons. The summed E-state index contributed by atoms with van der Waals surface area (Å²) in [6.07, 6.45) is 0. The molecule has 40 valence electrons. The van der Waals surface area contributed by atoms with Crippen molar-refractivity contribution in [2.75, 3.05) is 0 Å². The number of hydrogen-bond donors (Lipinski definition) is 2. The van der Waals surface area contributed by atoms with Gasteiger partial charge >= 0.3 is 38.4 Å². The average Bonchev–Trinajstić information content (AvgIpc) is 1.39. The molecule has 0 atom stereocenters. The first-order valence-corrected chi connectivity index (χ1v) is 2.30. The Morgan fingerprint density at radius 1 is 1.00 bits per heavy atom. The zero-order chi connectivity index (χ0) is 5.41. The van der Waals surface area contributed by atoms with Crippen molar-refractivity contribution in [1.82, 2.24) is 0 Å². The van der Waals surface area contributed by atoms with Gasteiger partial charge in [0.15, 0.2) is 0 Å². The first-order chi connectivity index (χ1) is 2.83. The maximum atomic E-state index is 8.46. The van der Waals surface area contributed by atoms with E-state index in [9.17, 15) is 0 Å². The molecule has 7 heavy (non-hydrogen) atoms. The summed E-state index contributed by atoms with van der Waals surface area (Å²) in [5, 5.41) is 0. The summed E-state index contributed by atoms with van der Waals surface area (Å²) in [7, 11) is -1.67. The smallest absolute Gasteiger partial charge is 0.310 e. The van der Waals surface area contributed by atoms with Gasteiger partial charge in [0.2, 0.25) is 0 Å². The minimum atomic E-state index is -0.833. The van der Waals surface area contributed by atoms with Crippen LogP contribution < -0.4 is 0 Å². The summed E-state index contributed by atoms with van der Waals surface area (Å²) in [5.74, 6) is 0. The van der Waals surface area contributed by atoms with Gasteiger partial charge in [-0.3, -0.25) is 0 Å². The standard InChI is InChI=1S/Mo.2HO2P/c;2*1-3-2/h;2*(H,1,2)/q+2;;. The van der Waals surface area contributed by atoms with E-state index in [4.69, 9.17) is 18.9 Å². The van der Waals surface area contributed by atoms with E-state index in [-0.39, 0.29) is 21.1 Å². The molecule has 0 spiro atoms. The average molecular weight is 224 g/mol. The van der Waals surface area contributed by atoms with E-state index in [1.807, 2.05) is 0 Å². The Balaban J connectivity index is -0.0000000400. The van der Waals surface area contributed by atoms with Crippen LogP contribution in [-0.4, -0.2) is 9.79 Å². The van der Waals surface area contributed by atoms with Crippen LogP contribution in [0, 0.1) is 0 Å². The SMILES string of the molecule is O=PO.O=PO.[Mo+2]. The first kappa shape index (κ1) is 15.7. The van der Waals surface area contributed by atoms with E-state index in [1.165, 1.54) is 0 Å². The van der Waals surface area contributed by atoms with E-state index < -0.39 is 17.4 Å². The quantitative estimate of drug-likeness (QED) is 0.460. The van der Waals surface area contributed by atoms with E-state index in [1.54, 1.807) is 0 Å². The van der Waals surface area contributed by atoms with Gasteiger partial charge in [-0.2, -0.15) is 0 Å². The Labute approximate surface area is 57.8 Å². The van der Waals surface area contributed by atoms with E-state index in [0.29, 0.717) is 0 Å². The van der Waals surface area contributed by atoms with Crippen molar-refractivity contribution in [3.8, 4) is 0 Å². The fourth-order valence-electron chi connectivity index (χ4n) is 0. The maximum Gasteiger partial charge on any atom is 2.00 e. The predicted molar refractivity (Wildman–Crippen MR) is 19.7 cm³/mol. The summed E-state index contributed by atoms with van der Waals surface area (Å²) in [6.45, 7) is 0. The number of hydrogen-bond acceptors (Lipinski definition) is 2. The van der Waals surface area contributed by atoms with Crippen molar-refractivity contribution >= 4 is 17.4 Å². The van der Waals surface area contributed by atoms with Crippen molar-refractivity contribution in [3.63, 3.8) is 0 Å². The van der Waals surface area contributed by atoms with Gasteiger partial charge < -0.3 is 9.79 Å². The second-order valence-electron chi connectivity index (χ2n) is 0.163. The molecule has 0 aliphatic heterocycles. The van der Waals surface area contributed by atoms with Gasteiger partial charge in [-0.05, 0) is 0 Å². The minimum Gasteiger partial charge on any atom is -0.310 e. The third kappa shape index (κ3) is 241. The molecule has 0 aliphatic carbocycles. The van der Waals surface area contributed by atoms with Crippen LogP contribution in [-0.2, 0) is 30.2 Å². The van der Waals surface area contributed by atoms with Gasteiger partial charge in [-0.25, -0.2) is 9.13 Å². The molecule has 0 fully saturated rings. The molecule has 0 aliphatic rings. The minimum absolute atomic E-state index is 0. The van der Waals surface area contributed by atoms with Crippen molar-refractivity contribution < 1.29 is 40.0 Å². The van der Waals surface area contributed by atoms with Crippen LogP contribution in [0.25, 0.3) is 0 Å². The molecule has 0 saturated carbocycles. The summed E-state index contributed by atoms with van der Waals surface area (Å²) in [5.41, 5.74) is 0. The molecule has 4 nitrogen and oxygen atoms in total. The van der Waals surface area contributed by atoms with Gasteiger partial charge in [0.25, 0.3) is 0 Å².